The minimum absolute atomic E-state index is 0.0403. The number of amides is 4. The Morgan fingerprint density at radius 1 is 0.926 bits per heavy atom. The van der Waals surface area contributed by atoms with Crippen molar-refractivity contribution in [2.45, 2.75) is 90.3 Å². The van der Waals surface area contributed by atoms with E-state index in [0.717, 1.165) is 68.3 Å². The lowest BCUT2D eigenvalue weighted by Gasteiger charge is -2.39. The lowest BCUT2D eigenvalue weighted by atomic mass is 9.96. The number of nitrogens with one attached hydrogen (secondary N) is 2. The second-order valence-corrected chi connectivity index (χ2v) is 14.8. The summed E-state index contributed by atoms with van der Waals surface area (Å²) in [6.07, 6.45) is 6.39. The molecule has 0 saturated carbocycles. The molecule has 0 spiro atoms. The first kappa shape index (κ1) is 38.9. The highest BCUT2D eigenvalue weighted by Crippen LogP contribution is 2.29. The second-order valence-electron chi connectivity index (χ2n) is 14.8. The molecule has 3 fully saturated rings. The van der Waals surface area contributed by atoms with Crippen LogP contribution in [0.25, 0.3) is 11.1 Å². The number of aryl methyl sites for hydroxylation is 1. The molecule has 14 heteroatoms. The Balaban J connectivity index is 0.000000197. The molecule has 292 valence electrons. The van der Waals surface area contributed by atoms with Crippen molar-refractivity contribution in [1.82, 2.24) is 24.6 Å². The Labute approximate surface area is 316 Å². The van der Waals surface area contributed by atoms with E-state index in [9.17, 15) is 24.0 Å². The zero-order chi connectivity index (χ0) is 38.4. The number of ether oxygens (including phenoxy) is 2. The Bertz CT molecular complexity index is 1860. The van der Waals surface area contributed by atoms with Crippen LogP contribution >= 0.6 is 0 Å². The number of fused-ring (bicyclic) bond motifs is 2. The van der Waals surface area contributed by atoms with Gasteiger partial charge in [-0.25, -0.2) is 14.4 Å². The fourth-order valence-corrected chi connectivity index (χ4v) is 8.53. The van der Waals surface area contributed by atoms with E-state index < -0.39 is 5.76 Å². The van der Waals surface area contributed by atoms with Crippen LogP contribution in [0.5, 0.6) is 0 Å². The van der Waals surface area contributed by atoms with E-state index in [4.69, 9.17) is 13.9 Å². The first-order valence-electron chi connectivity index (χ1n) is 19.4. The lowest BCUT2D eigenvalue weighted by molar-refractivity contribution is -0.150. The highest BCUT2D eigenvalue weighted by atomic mass is 16.5. The topological polar surface area (TPSA) is 158 Å². The molecule has 4 aliphatic heterocycles. The molecular weight excluding hydrogens is 692 g/mol. The molecule has 0 radical (unpaired) electrons. The Morgan fingerprint density at radius 3 is 2.35 bits per heavy atom. The summed E-state index contributed by atoms with van der Waals surface area (Å²) in [5, 5.41) is 3.00. The number of nitrogens with zero attached hydrogens (tertiary/aromatic N) is 4. The number of benzene rings is 2. The minimum atomic E-state index is -0.463. The Hall–Kier alpha value is -4.85. The van der Waals surface area contributed by atoms with E-state index in [0.29, 0.717) is 62.9 Å². The standard InChI is InChI=1S/C24H33N3O5.C16H21N3O3/c1-4-31-23(29)19-6-5-9-27(19)18-7-10-26(11-8-18)22(28)16(3)13-17-12-15(2)21-20(14-17)32-24(30)25-21;1-22-16(21)18-9-7-13(8-10-18)19-11-6-12-4-2-3-5-14(12)17-15(19)20/h12,14,16,18-19H,4-11,13H2,1-3H3,(H,25,30);2-5,13H,6-11H2,1H3,(H,17,20)/t16-,19+;/m1./s1. The van der Waals surface area contributed by atoms with Gasteiger partial charge in [-0.15, -0.1) is 0 Å². The molecule has 2 N–H and O–H groups in total. The summed E-state index contributed by atoms with van der Waals surface area (Å²) in [6.45, 7) is 10.5. The van der Waals surface area contributed by atoms with Gasteiger partial charge >= 0.3 is 23.8 Å². The van der Waals surface area contributed by atoms with Crippen LogP contribution in [0.1, 0.15) is 69.1 Å². The van der Waals surface area contributed by atoms with E-state index in [2.05, 4.69) is 21.3 Å². The number of aromatic amines is 1. The van der Waals surface area contributed by atoms with Gasteiger partial charge < -0.3 is 33.9 Å². The first-order valence-corrected chi connectivity index (χ1v) is 19.4. The number of rotatable bonds is 7. The number of piperidine rings is 2. The molecule has 0 bridgehead atoms. The van der Waals surface area contributed by atoms with Crippen molar-refractivity contribution in [3.63, 3.8) is 0 Å². The van der Waals surface area contributed by atoms with Gasteiger partial charge in [0.1, 0.15) is 6.04 Å². The molecule has 2 atom stereocenters. The molecule has 14 nitrogen and oxygen atoms in total. The number of methoxy groups -OCH3 is 1. The third-order valence-electron chi connectivity index (χ3n) is 11.3. The smallest absolute Gasteiger partial charge is 0.417 e. The monoisotopic (exact) mass is 746 g/mol. The van der Waals surface area contributed by atoms with Crippen LogP contribution in [0.4, 0.5) is 15.3 Å². The van der Waals surface area contributed by atoms with Gasteiger partial charge in [0.15, 0.2) is 5.58 Å². The molecular formula is C40H54N6O8. The van der Waals surface area contributed by atoms with E-state index in [1.807, 2.05) is 60.9 Å². The number of anilines is 1. The number of likely N-dealkylation sites (tertiary alicyclic amines) is 3. The number of esters is 1. The summed E-state index contributed by atoms with van der Waals surface area (Å²) in [5.74, 6) is -0.577. The number of para-hydroxylation sites is 1. The minimum Gasteiger partial charge on any atom is -0.465 e. The van der Waals surface area contributed by atoms with Crippen LogP contribution < -0.4 is 11.1 Å². The van der Waals surface area contributed by atoms with Gasteiger partial charge in [0.05, 0.1) is 19.2 Å². The number of H-pyrrole nitrogens is 1. The number of urea groups is 1. The van der Waals surface area contributed by atoms with Crippen molar-refractivity contribution in [3.05, 3.63) is 63.6 Å². The van der Waals surface area contributed by atoms with Crippen LogP contribution in [0.15, 0.2) is 45.6 Å². The SMILES string of the molecule is CCOC(=O)[C@@H]1CCCN1C1CCN(C(=O)[C@H](C)Cc2cc(C)c3[nH]c(=O)oc3c2)CC1.COC(=O)N1CCC(N2CCc3ccccc3NC2=O)CC1. The van der Waals surface area contributed by atoms with Crippen molar-refractivity contribution < 1.29 is 33.1 Å². The number of carbonyl (C=O) groups excluding carboxylic acids is 4. The number of hydrogen-bond donors (Lipinski definition) is 2. The van der Waals surface area contributed by atoms with Crippen molar-refractivity contribution >= 4 is 40.8 Å². The number of oxazole rings is 1. The number of carbonyl (C=O) groups is 4. The molecule has 0 unspecified atom stereocenters. The number of hydrogen-bond acceptors (Lipinski definition) is 9. The maximum absolute atomic E-state index is 13.1. The summed E-state index contributed by atoms with van der Waals surface area (Å²) in [7, 11) is 1.40. The molecule has 3 saturated heterocycles. The van der Waals surface area contributed by atoms with Crippen molar-refractivity contribution in [2.75, 3.05) is 58.3 Å². The fourth-order valence-electron chi connectivity index (χ4n) is 8.53. The lowest BCUT2D eigenvalue weighted by Crippen LogP contribution is -2.51. The van der Waals surface area contributed by atoms with Gasteiger partial charge in [-0.1, -0.05) is 31.2 Å². The van der Waals surface area contributed by atoms with E-state index >= 15 is 0 Å². The molecule has 5 heterocycles. The molecule has 3 aromatic rings. The van der Waals surface area contributed by atoms with Crippen LogP contribution in [0.3, 0.4) is 0 Å². The molecule has 0 aliphatic carbocycles. The summed E-state index contributed by atoms with van der Waals surface area (Å²) in [6, 6.07) is 12.1. The van der Waals surface area contributed by atoms with Gasteiger partial charge in [0, 0.05) is 56.4 Å². The molecule has 2 aromatic carbocycles. The maximum Gasteiger partial charge on any atom is 0.417 e. The van der Waals surface area contributed by atoms with Crippen molar-refractivity contribution in [2.24, 2.45) is 5.92 Å². The third-order valence-corrected chi connectivity index (χ3v) is 11.3. The van der Waals surface area contributed by atoms with Crippen LogP contribution in [0.2, 0.25) is 0 Å². The predicted molar refractivity (Wildman–Crippen MR) is 203 cm³/mol. The van der Waals surface area contributed by atoms with E-state index in [1.165, 1.54) is 12.7 Å². The van der Waals surface area contributed by atoms with Gasteiger partial charge in [-0.2, -0.15) is 0 Å². The summed E-state index contributed by atoms with van der Waals surface area (Å²) >= 11 is 0. The summed E-state index contributed by atoms with van der Waals surface area (Å²) < 4.78 is 15.2. The Morgan fingerprint density at radius 2 is 1.63 bits per heavy atom. The van der Waals surface area contributed by atoms with Gasteiger partial charge in [0.25, 0.3) is 0 Å². The maximum atomic E-state index is 13.1. The van der Waals surface area contributed by atoms with Crippen molar-refractivity contribution in [3.8, 4) is 0 Å². The van der Waals surface area contributed by atoms with Gasteiger partial charge in [0.2, 0.25) is 5.91 Å². The van der Waals surface area contributed by atoms with Crippen LogP contribution in [-0.2, 0) is 31.9 Å². The van der Waals surface area contributed by atoms with Crippen LogP contribution in [0, 0.1) is 12.8 Å². The highest BCUT2D eigenvalue weighted by Gasteiger charge is 2.38. The highest BCUT2D eigenvalue weighted by molar-refractivity contribution is 5.91. The molecule has 7 rings (SSSR count). The Kier molecular flexibility index (Phi) is 12.6. The predicted octanol–water partition coefficient (Wildman–Crippen LogP) is 4.93. The number of aromatic nitrogens is 1. The fraction of sp³-hybridized carbons (Fsp3) is 0.575. The molecule has 54 heavy (non-hydrogen) atoms. The quantitative estimate of drug-likeness (QED) is 0.320. The van der Waals surface area contributed by atoms with E-state index in [1.54, 1.807) is 4.90 Å². The van der Waals surface area contributed by atoms with Gasteiger partial charge in [-0.3, -0.25) is 19.5 Å². The zero-order valence-corrected chi connectivity index (χ0v) is 31.9. The van der Waals surface area contributed by atoms with E-state index in [-0.39, 0.29) is 42.0 Å². The third kappa shape index (κ3) is 8.91. The summed E-state index contributed by atoms with van der Waals surface area (Å²) in [5.41, 5.74) is 5.25. The van der Waals surface area contributed by atoms with Gasteiger partial charge in [-0.05, 0) is 101 Å². The average Bonchev–Trinajstić information content (AvgIpc) is 3.78. The molecule has 1 aromatic heterocycles. The molecule has 4 amide bonds. The second kappa shape index (κ2) is 17.5. The normalized spacial score (nSPS) is 20.4. The summed E-state index contributed by atoms with van der Waals surface area (Å²) in [4.78, 5) is 71.4. The molecule has 4 aliphatic rings. The zero-order valence-electron chi connectivity index (χ0n) is 31.9. The largest absolute Gasteiger partial charge is 0.465 e. The van der Waals surface area contributed by atoms with Crippen LogP contribution in [-0.4, -0.2) is 120 Å². The average molecular weight is 747 g/mol. The van der Waals surface area contributed by atoms with Crippen molar-refractivity contribution in [1.29, 1.82) is 0 Å². The first-order chi connectivity index (χ1) is 26.1.